The molecule has 0 aliphatic carbocycles. The van der Waals surface area contributed by atoms with Crippen LogP contribution in [0.3, 0.4) is 0 Å². The summed E-state index contributed by atoms with van der Waals surface area (Å²) in [6, 6.07) is 2.18. The maximum atomic E-state index is 9.25. The van der Waals surface area contributed by atoms with Crippen molar-refractivity contribution in [1.82, 2.24) is 15.0 Å². The van der Waals surface area contributed by atoms with Crippen LogP contribution in [0.5, 0.6) is 0 Å². The van der Waals surface area contributed by atoms with Gasteiger partial charge in [-0.05, 0) is 27.7 Å². The van der Waals surface area contributed by atoms with Crippen molar-refractivity contribution in [3.05, 3.63) is 33.2 Å². The number of hydrogen-bond donors (Lipinski definition) is 0. The quantitative estimate of drug-likeness (QED) is 0.591. The highest BCUT2D eigenvalue weighted by Crippen LogP contribution is 2.28. The van der Waals surface area contributed by atoms with E-state index in [1.165, 1.54) is 11.8 Å². The van der Waals surface area contributed by atoms with Crippen LogP contribution in [0, 0.1) is 25.2 Å². The Labute approximate surface area is 138 Å². The number of rotatable bonds is 6. The summed E-state index contributed by atoms with van der Waals surface area (Å²) in [5.74, 6) is 1.36. The molecular weight excluding hydrogens is 316 g/mol. The van der Waals surface area contributed by atoms with E-state index < -0.39 is 0 Å². The maximum absolute atomic E-state index is 9.25. The van der Waals surface area contributed by atoms with Crippen molar-refractivity contribution in [1.29, 1.82) is 5.26 Å². The van der Waals surface area contributed by atoms with Gasteiger partial charge in [0, 0.05) is 17.7 Å². The van der Waals surface area contributed by atoms with E-state index in [2.05, 4.69) is 21.0 Å². The fourth-order valence-electron chi connectivity index (χ4n) is 1.95. The van der Waals surface area contributed by atoms with Crippen molar-refractivity contribution >= 4 is 23.1 Å². The van der Waals surface area contributed by atoms with Gasteiger partial charge in [0.2, 0.25) is 0 Å². The average Bonchev–Trinajstić information content (AvgIpc) is 2.94. The lowest BCUT2D eigenvalue weighted by Gasteiger charge is -2.07. The minimum atomic E-state index is 0.0203. The van der Waals surface area contributed by atoms with E-state index in [0.29, 0.717) is 23.7 Å². The summed E-state index contributed by atoms with van der Waals surface area (Å²) in [7, 11) is 0. The Hall–Kier alpha value is -1.49. The molecule has 0 spiro atoms. The van der Waals surface area contributed by atoms with E-state index in [0.717, 1.165) is 21.4 Å². The van der Waals surface area contributed by atoms with Crippen molar-refractivity contribution in [2.24, 2.45) is 0 Å². The Balaban J connectivity index is 2.10. The topological polar surface area (TPSA) is 71.7 Å². The van der Waals surface area contributed by atoms with Crippen LogP contribution in [0.4, 0.5) is 0 Å². The van der Waals surface area contributed by atoms with Crippen LogP contribution in [-0.2, 0) is 10.5 Å². The molecule has 0 aliphatic rings. The molecule has 0 N–H and O–H groups in total. The zero-order chi connectivity index (χ0) is 16.1. The predicted molar refractivity (Wildman–Crippen MR) is 87.9 cm³/mol. The Morgan fingerprint density at radius 2 is 2.14 bits per heavy atom. The van der Waals surface area contributed by atoms with Crippen LogP contribution < -0.4 is 0 Å². The fraction of sp³-hybridized carbons (Fsp3) is 0.467. The summed E-state index contributed by atoms with van der Waals surface area (Å²) in [6.45, 7) is 8.33. The summed E-state index contributed by atoms with van der Waals surface area (Å²) in [6.07, 6.45) is 0.0203. The molecule has 5 nitrogen and oxygen atoms in total. The number of thioether (sulfide) groups is 1. The highest BCUT2D eigenvalue weighted by atomic mass is 32.2. The third-order valence-electron chi connectivity index (χ3n) is 2.97. The molecular formula is C15H18N4OS2. The van der Waals surface area contributed by atoms with Gasteiger partial charge in [0.1, 0.15) is 33.6 Å². The summed E-state index contributed by atoms with van der Waals surface area (Å²) in [5.41, 5.74) is 2.25. The van der Waals surface area contributed by atoms with E-state index in [4.69, 9.17) is 4.74 Å². The Bertz CT molecular complexity index is 693. The van der Waals surface area contributed by atoms with E-state index in [9.17, 15) is 5.26 Å². The second kappa shape index (κ2) is 7.68. The monoisotopic (exact) mass is 334 g/mol. The van der Waals surface area contributed by atoms with Crippen LogP contribution in [0.1, 0.15) is 47.7 Å². The predicted octanol–water partition coefficient (Wildman–Crippen LogP) is 3.81. The normalized spacial score (nSPS) is 12.1. The van der Waals surface area contributed by atoms with Crippen LogP contribution in [0.25, 0.3) is 0 Å². The van der Waals surface area contributed by atoms with Crippen molar-refractivity contribution in [2.45, 2.75) is 44.6 Å². The van der Waals surface area contributed by atoms with Gasteiger partial charge in [-0.2, -0.15) is 5.26 Å². The maximum Gasteiger partial charge on any atom is 0.126 e. The molecule has 0 fully saturated rings. The second-order valence-corrected chi connectivity index (χ2v) is 6.57. The van der Waals surface area contributed by atoms with Crippen LogP contribution in [0.2, 0.25) is 0 Å². The first kappa shape index (κ1) is 16.9. The first-order valence-electron chi connectivity index (χ1n) is 6.99. The number of thiazole rings is 1. The van der Waals surface area contributed by atoms with Gasteiger partial charge in [-0.3, -0.25) is 0 Å². The summed E-state index contributed by atoms with van der Waals surface area (Å²) < 4.78 is 5.55. The molecule has 0 amide bonds. The standard InChI is InChI=1S/C15H18N4OS2/c1-5-20-10(3)14-19-12(7-21-14)8-22-15-13(6-16)9(2)17-11(4)18-15/h7,10H,5,8H2,1-4H3/t10-/m0/s1. The SMILES string of the molecule is CCO[C@@H](C)c1nc(CSc2nc(C)nc(C)c2C#N)cs1. The van der Waals surface area contributed by atoms with Crippen LogP contribution >= 0.6 is 23.1 Å². The number of nitriles is 1. The van der Waals surface area contributed by atoms with E-state index >= 15 is 0 Å². The number of aryl methyl sites for hydroxylation is 2. The smallest absolute Gasteiger partial charge is 0.126 e. The van der Waals surface area contributed by atoms with Crippen molar-refractivity contribution in [2.75, 3.05) is 6.61 Å². The number of hydrogen-bond acceptors (Lipinski definition) is 7. The summed E-state index contributed by atoms with van der Waals surface area (Å²) >= 11 is 3.12. The van der Waals surface area contributed by atoms with Crippen LogP contribution in [-0.4, -0.2) is 21.6 Å². The van der Waals surface area contributed by atoms with Crippen molar-refractivity contribution in [3.63, 3.8) is 0 Å². The molecule has 0 saturated heterocycles. The molecule has 2 heterocycles. The third kappa shape index (κ3) is 4.03. The molecule has 7 heteroatoms. The van der Waals surface area contributed by atoms with Crippen molar-refractivity contribution < 1.29 is 4.74 Å². The Morgan fingerprint density at radius 1 is 1.36 bits per heavy atom. The molecule has 2 rings (SSSR count). The zero-order valence-electron chi connectivity index (χ0n) is 13.1. The van der Waals surface area contributed by atoms with E-state index in [1.54, 1.807) is 11.3 Å². The minimum Gasteiger partial charge on any atom is -0.372 e. The van der Waals surface area contributed by atoms with Gasteiger partial charge in [0.25, 0.3) is 0 Å². The molecule has 0 radical (unpaired) electrons. The Morgan fingerprint density at radius 3 is 2.82 bits per heavy atom. The summed E-state index contributed by atoms with van der Waals surface area (Å²) in [4.78, 5) is 13.2. The molecule has 2 aromatic rings. The first-order chi connectivity index (χ1) is 10.5. The second-order valence-electron chi connectivity index (χ2n) is 4.71. The highest BCUT2D eigenvalue weighted by Gasteiger charge is 2.13. The van der Waals surface area contributed by atoms with Gasteiger partial charge in [0.05, 0.1) is 11.4 Å². The summed E-state index contributed by atoms with van der Waals surface area (Å²) in [5, 5.41) is 13.0. The van der Waals surface area contributed by atoms with Gasteiger partial charge in [-0.1, -0.05) is 11.8 Å². The Kier molecular flexibility index (Phi) is 5.89. The molecule has 0 saturated carbocycles. The average molecular weight is 334 g/mol. The molecule has 0 bridgehead atoms. The molecule has 22 heavy (non-hydrogen) atoms. The zero-order valence-corrected chi connectivity index (χ0v) is 14.7. The number of aromatic nitrogens is 3. The molecule has 0 unspecified atom stereocenters. The van der Waals surface area contributed by atoms with Gasteiger partial charge in [0.15, 0.2) is 0 Å². The number of nitrogens with zero attached hydrogens (tertiary/aromatic N) is 4. The van der Waals surface area contributed by atoms with Gasteiger partial charge in [-0.25, -0.2) is 15.0 Å². The molecule has 2 aromatic heterocycles. The molecule has 1 atom stereocenters. The fourth-order valence-corrected chi connectivity index (χ4v) is 3.85. The van der Waals surface area contributed by atoms with E-state index in [1.807, 2.05) is 33.1 Å². The lowest BCUT2D eigenvalue weighted by Crippen LogP contribution is -2.00. The van der Waals surface area contributed by atoms with Gasteiger partial charge < -0.3 is 4.74 Å². The van der Waals surface area contributed by atoms with Gasteiger partial charge >= 0.3 is 0 Å². The van der Waals surface area contributed by atoms with Crippen molar-refractivity contribution in [3.8, 4) is 6.07 Å². The first-order valence-corrected chi connectivity index (χ1v) is 8.85. The third-order valence-corrected chi connectivity index (χ3v) is 5.03. The largest absolute Gasteiger partial charge is 0.372 e. The van der Waals surface area contributed by atoms with Crippen LogP contribution in [0.15, 0.2) is 10.4 Å². The lowest BCUT2D eigenvalue weighted by molar-refractivity contribution is 0.0761. The van der Waals surface area contributed by atoms with Gasteiger partial charge in [-0.15, -0.1) is 11.3 Å². The lowest BCUT2D eigenvalue weighted by atomic mass is 10.3. The highest BCUT2D eigenvalue weighted by molar-refractivity contribution is 7.98. The molecule has 116 valence electrons. The minimum absolute atomic E-state index is 0.0203. The molecule has 0 aliphatic heterocycles. The molecule has 0 aromatic carbocycles. The van der Waals surface area contributed by atoms with E-state index in [-0.39, 0.29) is 6.10 Å². The number of ether oxygens (including phenoxy) is 1.